The zero-order valence-corrected chi connectivity index (χ0v) is 24.3. The van der Waals surface area contributed by atoms with Gasteiger partial charge in [-0.25, -0.2) is 0 Å². The molecule has 0 aromatic heterocycles. The van der Waals surface area contributed by atoms with Crippen LogP contribution >= 0.6 is 0 Å². The molecule has 0 saturated heterocycles. The molecule has 6 aromatic carbocycles. The molecular weight excluding hydrogens is 508 g/mol. The van der Waals surface area contributed by atoms with Crippen LogP contribution in [0.1, 0.15) is 24.5 Å². The monoisotopic (exact) mass is 544 g/mol. The van der Waals surface area contributed by atoms with Crippen molar-refractivity contribution in [2.45, 2.75) is 26.7 Å². The van der Waals surface area contributed by atoms with Crippen LogP contribution in [0.5, 0.6) is 0 Å². The molecule has 6 rings (SSSR count). The van der Waals surface area contributed by atoms with E-state index >= 15 is 0 Å². The van der Waals surface area contributed by atoms with Gasteiger partial charge in [0.1, 0.15) is 0 Å². The van der Waals surface area contributed by atoms with Crippen molar-refractivity contribution in [3.63, 3.8) is 0 Å². The average molecular weight is 545 g/mol. The molecule has 0 aliphatic rings. The molecule has 0 radical (unpaired) electrons. The predicted molar refractivity (Wildman–Crippen MR) is 180 cm³/mol. The molecule has 0 aliphatic heterocycles. The van der Waals surface area contributed by atoms with Gasteiger partial charge in [0.2, 0.25) is 0 Å². The van der Waals surface area contributed by atoms with Gasteiger partial charge in [-0.3, -0.25) is 0 Å². The van der Waals surface area contributed by atoms with Crippen molar-refractivity contribution < 1.29 is 0 Å². The van der Waals surface area contributed by atoms with Crippen LogP contribution in [0.15, 0.2) is 158 Å². The Morgan fingerprint density at radius 2 is 0.714 bits per heavy atom. The summed E-state index contributed by atoms with van der Waals surface area (Å²) < 4.78 is 0. The molecule has 0 atom stereocenters. The fourth-order valence-corrected chi connectivity index (χ4v) is 5.45. The molecule has 0 fully saturated rings. The molecule has 42 heavy (non-hydrogen) atoms. The van der Waals surface area contributed by atoms with E-state index in [0.29, 0.717) is 0 Å². The molecule has 2 nitrogen and oxygen atoms in total. The molecule has 0 saturated carbocycles. The minimum absolute atomic E-state index is 1.10. The van der Waals surface area contributed by atoms with Crippen LogP contribution in [0.25, 0.3) is 11.1 Å². The maximum Gasteiger partial charge on any atom is 0.0462 e. The molecule has 2 heteroatoms. The number of hydrogen-bond acceptors (Lipinski definition) is 2. The normalized spacial score (nSPS) is 10.8. The number of rotatable bonds is 9. The van der Waals surface area contributed by atoms with E-state index in [-0.39, 0.29) is 0 Å². The quantitative estimate of drug-likeness (QED) is 0.179. The molecule has 206 valence electrons. The van der Waals surface area contributed by atoms with Crippen molar-refractivity contribution in [3.05, 3.63) is 169 Å². The van der Waals surface area contributed by atoms with Crippen LogP contribution < -0.4 is 9.80 Å². The lowest BCUT2D eigenvalue weighted by molar-refractivity contribution is 0.922. The molecule has 0 bridgehead atoms. The first kappa shape index (κ1) is 27.1. The highest BCUT2D eigenvalue weighted by Gasteiger charge is 2.14. The predicted octanol–water partition coefficient (Wildman–Crippen LogP) is 11.6. The van der Waals surface area contributed by atoms with E-state index in [0.717, 1.165) is 47.0 Å². The Morgan fingerprint density at radius 1 is 0.381 bits per heavy atom. The highest BCUT2D eigenvalue weighted by molar-refractivity contribution is 5.80. The third-order valence-corrected chi connectivity index (χ3v) is 7.64. The second kappa shape index (κ2) is 12.6. The van der Waals surface area contributed by atoms with E-state index in [1.54, 1.807) is 0 Å². The minimum atomic E-state index is 1.10. The van der Waals surface area contributed by atoms with Crippen LogP contribution in [0.3, 0.4) is 0 Å². The lowest BCUT2D eigenvalue weighted by atomic mass is 10.0. The largest absolute Gasteiger partial charge is 0.311 e. The van der Waals surface area contributed by atoms with E-state index in [9.17, 15) is 0 Å². The van der Waals surface area contributed by atoms with Gasteiger partial charge in [-0.05, 0) is 103 Å². The Balaban J connectivity index is 1.30. The van der Waals surface area contributed by atoms with Gasteiger partial charge in [-0.2, -0.15) is 0 Å². The van der Waals surface area contributed by atoms with E-state index in [4.69, 9.17) is 0 Å². The Kier molecular flexibility index (Phi) is 8.14. The SMILES string of the molecule is CCCc1ccc(N(c2ccccc2)c2ccc(-c3ccc(N(c4ccccc4)c4ccc(C)cc4)cc3)cc2)cc1. The number of benzene rings is 6. The van der Waals surface area contributed by atoms with E-state index < -0.39 is 0 Å². The van der Waals surface area contributed by atoms with Gasteiger partial charge in [0, 0.05) is 34.1 Å². The lowest BCUT2D eigenvalue weighted by Crippen LogP contribution is -2.10. The third-order valence-electron chi connectivity index (χ3n) is 7.64. The van der Waals surface area contributed by atoms with Crippen LogP contribution in [-0.2, 0) is 6.42 Å². The number of para-hydroxylation sites is 2. The molecule has 0 spiro atoms. The van der Waals surface area contributed by atoms with Crippen LogP contribution in [-0.4, -0.2) is 0 Å². The summed E-state index contributed by atoms with van der Waals surface area (Å²) in [6, 6.07) is 56.6. The number of hydrogen-bond donors (Lipinski definition) is 0. The zero-order valence-electron chi connectivity index (χ0n) is 24.3. The second-order valence-electron chi connectivity index (χ2n) is 10.7. The summed E-state index contributed by atoms with van der Waals surface area (Å²) in [7, 11) is 0. The van der Waals surface area contributed by atoms with Crippen LogP contribution in [0, 0.1) is 6.92 Å². The van der Waals surface area contributed by atoms with Crippen LogP contribution in [0.2, 0.25) is 0 Å². The van der Waals surface area contributed by atoms with Crippen molar-refractivity contribution in [1.82, 2.24) is 0 Å². The Bertz CT molecular complexity index is 1690. The maximum absolute atomic E-state index is 2.32. The summed E-state index contributed by atoms with van der Waals surface area (Å²) in [5.41, 5.74) is 11.9. The zero-order chi connectivity index (χ0) is 28.7. The Hall–Kier alpha value is -5.08. The third kappa shape index (κ3) is 5.99. The number of nitrogens with zero attached hydrogens (tertiary/aromatic N) is 2. The van der Waals surface area contributed by atoms with Gasteiger partial charge < -0.3 is 9.80 Å². The van der Waals surface area contributed by atoms with E-state index in [1.165, 1.54) is 22.3 Å². The van der Waals surface area contributed by atoms with Crippen molar-refractivity contribution in [2.75, 3.05) is 9.80 Å². The van der Waals surface area contributed by atoms with E-state index in [1.807, 2.05) is 0 Å². The smallest absolute Gasteiger partial charge is 0.0462 e. The summed E-state index contributed by atoms with van der Waals surface area (Å²) in [5.74, 6) is 0. The van der Waals surface area contributed by atoms with Crippen molar-refractivity contribution >= 4 is 34.1 Å². The molecule has 0 heterocycles. The second-order valence-corrected chi connectivity index (χ2v) is 10.7. The Labute approximate surface area is 250 Å². The summed E-state index contributed by atoms with van der Waals surface area (Å²) in [6.07, 6.45) is 2.26. The van der Waals surface area contributed by atoms with Gasteiger partial charge in [0.05, 0.1) is 0 Å². The van der Waals surface area contributed by atoms with Gasteiger partial charge in [0.25, 0.3) is 0 Å². The maximum atomic E-state index is 2.32. The van der Waals surface area contributed by atoms with Crippen molar-refractivity contribution in [2.24, 2.45) is 0 Å². The number of anilines is 6. The fraction of sp³-hybridized carbons (Fsp3) is 0.100. The molecule has 0 N–H and O–H groups in total. The summed E-state index contributed by atoms with van der Waals surface area (Å²) in [6.45, 7) is 4.35. The van der Waals surface area contributed by atoms with Crippen molar-refractivity contribution in [3.8, 4) is 11.1 Å². The summed E-state index contributed by atoms with van der Waals surface area (Å²) in [4.78, 5) is 4.62. The fourth-order valence-electron chi connectivity index (χ4n) is 5.45. The Morgan fingerprint density at radius 3 is 1.10 bits per heavy atom. The first-order valence-electron chi connectivity index (χ1n) is 14.8. The first-order chi connectivity index (χ1) is 20.7. The van der Waals surface area contributed by atoms with E-state index in [2.05, 4.69) is 181 Å². The van der Waals surface area contributed by atoms with Gasteiger partial charge >= 0.3 is 0 Å². The van der Waals surface area contributed by atoms with Gasteiger partial charge in [-0.15, -0.1) is 0 Å². The molecule has 0 aliphatic carbocycles. The molecular formula is C40H36N2. The highest BCUT2D eigenvalue weighted by Crippen LogP contribution is 2.38. The number of aryl methyl sites for hydroxylation is 2. The highest BCUT2D eigenvalue weighted by atomic mass is 15.1. The summed E-state index contributed by atoms with van der Waals surface area (Å²) >= 11 is 0. The first-order valence-corrected chi connectivity index (χ1v) is 14.8. The topological polar surface area (TPSA) is 6.48 Å². The standard InChI is InChI=1S/C40H36N2/c1-3-10-32-17-25-38(26-18-32)42(36-13-8-5-9-14-36)40-29-21-34(22-30-40)33-19-27-39(28-20-33)41(35-11-6-4-7-12-35)37-23-15-31(2)16-24-37/h4-9,11-30H,3,10H2,1-2H3. The summed E-state index contributed by atoms with van der Waals surface area (Å²) in [5, 5.41) is 0. The van der Waals surface area contributed by atoms with Gasteiger partial charge in [-0.1, -0.05) is 104 Å². The average Bonchev–Trinajstić information content (AvgIpc) is 3.05. The van der Waals surface area contributed by atoms with Crippen molar-refractivity contribution in [1.29, 1.82) is 0 Å². The molecule has 0 amide bonds. The van der Waals surface area contributed by atoms with Gasteiger partial charge in [0.15, 0.2) is 0 Å². The lowest BCUT2D eigenvalue weighted by Gasteiger charge is -2.26. The van der Waals surface area contributed by atoms with Crippen LogP contribution in [0.4, 0.5) is 34.1 Å². The minimum Gasteiger partial charge on any atom is -0.311 e. The molecule has 6 aromatic rings. The molecule has 0 unspecified atom stereocenters.